The van der Waals surface area contributed by atoms with Crippen molar-refractivity contribution in [3.8, 4) is 11.5 Å². The van der Waals surface area contributed by atoms with Crippen LogP contribution in [-0.4, -0.2) is 27.4 Å². The Morgan fingerprint density at radius 2 is 2.00 bits per heavy atom. The second kappa shape index (κ2) is 5.35. The van der Waals surface area contributed by atoms with E-state index in [-0.39, 0.29) is 6.04 Å². The van der Waals surface area contributed by atoms with Crippen LogP contribution in [0.15, 0.2) is 36.4 Å². The number of nitrogens with zero attached hydrogens (tertiary/aromatic N) is 2. The lowest BCUT2D eigenvalue weighted by Crippen LogP contribution is -2.27. The van der Waals surface area contributed by atoms with Crippen LogP contribution in [0.5, 0.6) is 11.5 Å². The molecule has 0 aromatic heterocycles. The van der Waals surface area contributed by atoms with Crippen LogP contribution >= 0.6 is 0 Å². The van der Waals surface area contributed by atoms with E-state index in [9.17, 15) is 0 Å². The lowest BCUT2D eigenvalue weighted by Gasteiger charge is -2.26. The highest BCUT2D eigenvalue weighted by molar-refractivity contribution is 5.66. The number of anilines is 2. The van der Waals surface area contributed by atoms with Crippen molar-refractivity contribution in [3.63, 3.8) is 0 Å². The van der Waals surface area contributed by atoms with E-state index in [4.69, 9.17) is 15.2 Å². The molecule has 1 unspecified atom stereocenters. The van der Waals surface area contributed by atoms with E-state index < -0.39 is 0 Å². The fourth-order valence-corrected chi connectivity index (χ4v) is 3.53. The van der Waals surface area contributed by atoms with Crippen LogP contribution in [0.2, 0.25) is 0 Å². The maximum absolute atomic E-state index is 6.10. The number of nitrogens with two attached hydrogens (primary N) is 1. The van der Waals surface area contributed by atoms with Gasteiger partial charge in [0.05, 0.1) is 6.04 Å². The average Bonchev–Trinajstić information content (AvgIpc) is 3.17. The lowest BCUT2D eigenvalue weighted by atomic mass is 10.0. The molecule has 23 heavy (non-hydrogen) atoms. The minimum atomic E-state index is 0.185. The van der Waals surface area contributed by atoms with Crippen LogP contribution in [0, 0.1) is 0 Å². The van der Waals surface area contributed by atoms with E-state index in [0.717, 1.165) is 23.7 Å². The molecule has 5 heteroatoms. The number of fused-ring (bicyclic) bond motifs is 2. The molecule has 2 aromatic carbocycles. The van der Waals surface area contributed by atoms with Crippen molar-refractivity contribution in [2.45, 2.75) is 12.6 Å². The highest BCUT2D eigenvalue weighted by Gasteiger charge is 2.32. The predicted molar refractivity (Wildman–Crippen MR) is 91.3 cm³/mol. The monoisotopic (exact) mass is 311 g/mol. The Labute approximate surface area is 136 Å². The molecule has 0 fully saturated rings. The average molecular weight is 311 g/mol. The van der Waals surface area contributed by atoms with Crippen molar-refractivity contribution in [2.24, 2.45) is 5.73 Å². The van der Waals surface area contributed by atoms with Crippen molar-refractivity contribution in [1.82, 2.24) is 0 Å². The molecular formula is C18H21N3O2. The Hall–Kier alpha value is -2.40. The van der Waals surface area contributed by atoms with Crippen LogP contribution in [0.3, 0.4) is 0 Å². The normalized spacial score (nSPS) is 18.2. The summed E-state index contributed by atoms with van der Waals surface area (Å²) in [6, 6.07) is 12.7. The standard InChI is InChI=1S/C18H21N3O2/c1-20(2)15-5-3-4-13-14(15)10-21(16(13)9-19)12-6-7-17-18(8-12)23-11-22-17/h3-8,16H,9-11,19H2,1-2H3. The zero-order valence-corrected chi connectivity index (χ0v) is 13.5. The minimum absolute atomic E-state index is 0.185. The SMILES string of the molecule is CN(C)c1cccc2c1CN(c1ccc3c(c1)OCO3)C2CN. The van der Waals surface area contributed by atoms with Crippen molar-refractivity contribution < 1.29 is 9.47 Å². The Kier molecular flexibility index (Phi) is 3.31. The Bertz CT molecular complexity index is 745. The molecule has 0 bridgehead atoms. The van der Waals surface area contributed by atoms with Crippen LogP contribution in [0.25, 0.3) is 0 Å². The molecule has 120 valence electrons. The van der Waals surface area contributed by atoms with Gasteiger partial charge in [-0.3, -0.25) is 0 Å². The highest BCUT2D eigenvalue weighted by Crippen LogP contribution is 2.43. The summed E-state index contributed by atoms with van der Waals surface area (Å²) in [5, 5.41) is 0. The van der Waals surface area contributed by atoms with Gasteiger partial charge in [-0.15, -0.1) is 0 Å². The van der Waals surface area contributed by atoms with Gasteiger partial charge in [0.15, 0.2) is 11.5 Å². The first kappa shape index (κ1) is 14.2. The second-order valence-electron chi connectivity index (χ2n) is 6.16. The van der Waals surface area contributed by atoms with Gasteiger partial charge in [-0.05, 0) is 23.8 Å². The first-order chi connectivity index (χ1) is 11.2. The fraction of sp³-hybridized carbons (Fsp3) is 0.333. The summed E-state index contributed by atoms with van der Waals surface area (Å²) in [5.41, 5.74) is 11.1. The van der Waals surface area contributed by atoms with E-state index in [1.54, 1.807) is 0 Å². The molecule has 2 aliphatic rings. The predicted octanol–water partition coefficient (Wildman–Crippen LogP) is 2.50. The van der Waals surface area contributed by atoms with Gasteiger partial charge >= 0.3 is 0 Å². The molecule has 5 nitrogen and oxygen atoms in total. The molecule has 0 saturated heterocycles. The summed E-state index contributed by atoms with van der Waals surface area (Å²) in [6.45, 7) is 1.73. The molecule has 0 spiro atoms. The summed E-state index contributed by atoms with van der Waals surface area (Å²) in [4.78, 5) is 4.51. The van der Waals surface area contributed by atoms with Crippen LogP contribution in [-0.2, 0) is 6.54 Å². The maximum Gasteiger partial charge on any atom is 0.231 e. The van der Waals surface area contributed by atoms with Gasteiger partial charge < -0.3 is 25.0 Å². The molecule has 2 aliphatic heterocycles. The van der Waals surface area contributed by atoms with Crippen molar-refractivity contribution in [3.05, 3.63) is 47.5 Å². The van der Waals surface area contributed by atoms with Crippen LogP contribution < -0.4 is 25.0 Å². The Morgan fingerprint density at radius 3 is 2.78 bits per heavy atom. The largest absolute Gasteiger partial charge is 0.454 e. The van der Waals surface area contributed by atoms with Crippen molar-refractivity contribution >= 4 is 11.4 Å². The van der Waals surface area contributed by atoms with Gasteiger partial charge in [-0.25, -0.2) is 0 Å². The van der Waals surface area contributed by atoms with Crippen LogP contribution in [0.1, 0.15) is 17.2 Å². The summed E-state index contributed by atoms with van der Waals surface area (Å²) in [7, 11) is 4.16. The van der Waals surface area contributed by atoms with E-state index in [1.165, 1.54) is 16.8 Å². The number of hydrogen-bond acceptors (Lipinski definition) is 5. The molecule has 2 aromatic rings. The first-order valence-electron chi connectivity index (χ1n) is 7.84. The molecule has 2 N–H and O–H groups in total. The molecule has 0 saturated carbocycles. The smallest absolute Gasteiger partial charge is 0.231 e. The van der Waals surface area contributed by atoms with E-state index in [2.05, 4.69) is 48.2 Å². The Balaban J connectivity index is 1.75. The summed E-state index contributed by atoms with van der Waals surface area (Å²) in [5.74, 6) is 1.62. The van der Waals surface area contributed by atoms with Crippen LogP contribution in [0.4, 0.5) is 11.4 Å². The Morgan fingerprint density at radius 1 is 1.17 bits per heavy atom. The molecule has 0 aliphatic carbocycles. The number of rotatable bonds is 3. The quantitative estimate of drug-likeness (QED) is 0.944. The van der Waals surface area contributed by atoms with Crippen molar-refractivity contribution in [1.29, 1.82) is 0 Å². The van der Waals surface area contributed by atoms with Gasteiger partial charge in [0.2, 0.25) is 6.79 Å². The highest BCUT2D eigenvalue weighted by atomic mass is 16.7. The summed E-state index contributed by atoms with van der Waals surface area (Å²) >= 11 is 0. The number of ether oxygens (including phenoxy) is 2. The summed E-state index contributed by atoms with van der Waals surface area (Å²) < 4.78 is 10.9. The van der Waals surface area contributed by atoms with E-state index >= 15 is 0 Å². The lowest BCUT2D eigenvalue weighted by molar-refractivity contribution is 0.174. The number of hydrogen-bond donors (Lipinski definition) is 1. The topological polar surface area (TPSA) is 51.0 Å². The zero-order chi connectivity index (χ0) is 16.0. The van der Waals surface area contributed by atoms with Gasteiger partial charge in [-0.2, -0.15) is 0 Å². The molecule has 0 radical (unpaired) electrons. The third kappa shape index (κ3) is 2.19. The molecule has 1 atom stereocenters. The first-order valence-corrected chi connectivity index (χ1v) is 7.84. The third-order valence-corrected chi connectivity index (χ3v) is 4.64. The zero-order valence-electron chi connectivity index (χ0n) is 13.5. The molecule has 2 heterocycles. The van der Waals surface area contributed by atoms with Crippen molar-refractivity contribution in [2.75, 3.05) is 37.2 Å². The van der Waals surface area contributed by atoms with Gasteiger partial charge in [-0.1, -0.05) is 12.1 Å². The maximum atomic E-state index is 6.10. The summed E-state index contributed by atoms with van der Waals surface area (Å²) in [6.07, 6.45) is 0. The van der Waals surface area contributed by atoms with E-state index in [0.29, 0.717) is 13.3 Å². The van der Waals surface area contributed by atoms with E-state index in [1.807, 2.05) is 12.1 Å². The van der Waals surface area contributed by atoms with Gasteiger partial charge in [0.1, 0.15) is 0 Å². The molecular weight excluding hydrogens is 290 g/mol. The molecule has 4 rings (SSSR count). The third-order valence-electron chi connectivity index (χ3n) is 4.64. The second-order valence-corrected chi connectivity index (χ2v) is 6.16. The fourth-order valence-electron chi connectivity index (χ4n) is 3.53. The number of benzene rings is 2. The minimum Gasteiger partial charge on any atom is -0.454 e. The molecule has 0 amide bonds. The van der Waals surface area contributed by atoms with Gasteiger partial charge in [0.25, 0.3) is 0 Å². The van der Waals surface area contributed by atoms with Gasteiger partial charge in [0, 0.05) is 50.2 Å².